The van der Waals surface area contributed by atoms with Crippen molar-refractivity contribution in [2.45, 2.75) is 43.9 Å². The molecule has 3 saturated heterocycles. The average Bonchev–Trinajstić information content (AvgIpc) is 3.37. The predicted octanol–water partition coefficient (Wildman–Crippen LogP) is -0.446. The number of imide groups is 2. The van der Waals surface area contributed by atoms with Gasteiger partial charge in [0.25, 0.3) is 11.8 Å². The van der Waals surface area contributed by atoms with Crippen molar-refractivity contribution < 1.29 is 23.9 Å². The second kappa shape index (κ2) is 7.57. The van der Waals surface area contributed by atoms with Crippen LogP contribution >= 0.6 is 0 Å². The van der Waals surface area contributed by atoms with Gasteiger partial charge in [-0.3, -0.25) is 29.4 Å². The number of benzene rings is 1. The number of hydrogen-bond acceptors (Lipinski definition) is 7. The lowest BCUT2D eigenvalue weighted by molar-refractivity contribution is -0.136. The van der Waals surface area contributed by atoms with Gasteiger partial charge in [-0.15, -0.1) is 0 Å². The fourth-order valence-electron chi connectivity index (χ4n) is 4.91. The van der Waals surface area contributed by atoms with Gasteiger partial charge in [0.1, 0.15) is 6.04 Å². The van der Waals surface area contributed by atoms with Crippen LogP contribution in [0, 0.1) is 5.92 Å². The minimum atomic E-state index is -0.937. The molecule has 0 radical (unpaired) electrons. The van der Waals surface area contributed by atoms with E-state index in [1.807, 2.05) is 6.07 Å². The summed E-state index contributed by atoms with van der Waals surface area (Å²) >= 11 is 0. The Morgan fingerprint density at radius 1 is 1.10 bits per heavy atom. The topological polar surface area (TPSA) is 117 Å². The molecule has 1 aromatic rings. The van der Waals surface area contributed by atoms with Crippen molar-refractivity contribution in [2.24, 2.45) is 5.92 Å². The third kappa shape index (κ3) is 3.32. The lowest BCUT2D eigenvalue weighted by Crippen LogP contribution is -2.54. The fraction of sp³-hybridized carbons (Fsp3) is 0.524. The van der Waals surface area contributed by atoms with Crippen LogP contribution in [0.15, 0.2) is 18.2 Å². The van der Waals surface area contributed by atoms with E-state index in [9.17, 15) is 19.2 Å². The van der Waals surface area contributed by atoms with Crippen molar-refractivity contribution in [2.75, 3.05) is 19.8 Å². The van der Waals surface area contributed by atoms with E-state index >= 15 is 0 Å². The Morgan fingerprint density at radius 2 is 1.93 bits per heavy atom. The number of carbonyl (C=O) groups is 4. The van der Waals surface area contributed by atoms with Crippen LogP contribution in [0.1, 0.15) is 45.5 Å². The SMILES string of the molecule is O=C1CCC(N2C(=O)c3ccc(CNCC4CC5COCC5N4)cc3C2=O)C(=O)N1. The van der Waals surface area contributed by atoms with Crippen LogP contribution in [-0.2, 0) is 20.9 Å². The summed E-state index contributed by atoms with van der Waals surface area (Å²) in [6, 6.07) is 5.12. The van der Waals surface area contributed by atoms with E-state index in [-0.39, 0.29) is 18.7 Å². The minimum absolute atomic E-state index is 0.113. The molecule has 3 fully saturated rings. The van der Waals surface area contributed by atoms with E-state index in [1.54, 1.807) is 12.1 Å². The lowest BCUT2D eigenvalue weighted by atomic mass is 10.0. The highest BCUT2D eigenvalue weighted by atomic mass is 16.5. The number of ether oxygens (including phenoxy) is 1. The molecule has 4 atom stereocenters. The van der Waals surface area contributed by atoms with Crippen molar-refractivity contribution >= 4 is 23.6 Å². The number of carbonyl (C=O) groups excluding carboxylic acids is 4. The summed E-state index contributed by atoms with van der Waals surface area (Å²) in [6.45, 7) is 3.02. The van der Waals surface area contributed by atoms with E-state index in [1.165, 1.54) is 0 Å². The zero-order chi connectivity index (χ0) is 20.8. The average molecular weight is 412 g/mol. The smallest absolute Gasteiger partial charge is 0.262 e. The van der Waals surface area contributed by atoms with Crippen LogP contribution in [0.2, 0.25) is 0 Å². The molecule has 30 heavy (non-hydrogen) atoms. The molecule has 0 aromatic heterocycles. The van der Waals surface area contributed by atoms with E-state index in [4.69, 9.17) is 4.74 Å². The Kier molecular flexibility index (Phi) is 4.88. The third-order valence-electron chi connectivity index (χ3n) is 6.46. The summed E-state index contributed by atoms with van der Waals surface area (Å²) in [6.07, 6.45) is 1.36. The molecule has 9 heteroatoms. The normalized spacial score (nSPS) is 30.6. The number of amides is 4. The zero-order valence-corrected chi connectivity index (χ0v) is 16.5. The molecular weight excluding hydrogens is 388 g/mol. The number of rotatable bonds is 5. The number of nitrogens with one attached hydrogen (secondary N) is 3. The first-order chi connectivity index (χ1) is 14.5. The molecule has 1 aromatic carbocycles. The Labute approximate surface area is 173 Å². The second-order valence-electron chi connectivity index (χ2n) is 8.46. The Bertz CT molecular complexity index is 920. The summed E-state index contributed by atoms with van der Waals surface area (Å²) in [7, 11) is 0. The van der Waals surface area contributed by atoms with Gasteiger partial charge in [-0.1, -0.05) is 6.07 Å². The summed E-state index contributed by atoms with van der Waals surface area (Å²) in [5.74, 6) is -1.33. The molecule has 4 aliphatic heterocycles. The first-order valence-electron chi connectivity index (χ1n) is 10.4. The number of piperidine rings is 1. The molecule has 5 rings (SSSR count). The maximum Gasteiger partial charge on any atom is 0.262 e. The van der Waals surface area contributed by atoms with E-state index in [0.29, 0.717) is 35.7 Å². The largest absolute Gasteiger partial charge is 0.379 e. The monoisotopic (exact) mass is 412 g/mol. The van der Waals surface area contributed by atoms with Crippen LogP contribution in [0.5, 0.6) is 0 Å². The predicted molar refractivity (Wildman–Crippen MR) is 104 cm³/mol. The van der Waals surface area contributed by atoms with Gasteiger partial charge in [0.05, 0.1) is 24.3 Å². The minimum Gasteiger partial charge on any atom is -0.379 e. The molecule has 158 valence electrons. The maximum atomic E-state index is 12.9. The summed E-state index contributed by atoms with van der Waals surface area (Å²) < 4.78 is 5.47. The third-order valence-corrected chi connectivity index (χ3v) is 6.46. The van der Waals surface area contributed by atoms with Gasteiger partial charge in [-0.2, -0.15) is 0 Å². The molecule has 3 N–H and O–H groups in total. The summed E-state index contributed by atoms with van der Waals surface area (Å²) in [5.41, 5.74) is 1.52. The molecule has 4 unspecified atom stereocenters. The molecule has 4 aliphatic rings. The molecule has 0 bridgehead atoms. The van der Waals surface area contributed by atoms with Crippen molar-refractivity contribution in [1.82, 2.24) is 20.9 Å². The van der Waals surface area contributed by atoms with Crippen LogP contribution in [0.3, 0.4) is 0 Å². The number of hydrogen-bond donors (Lipinski definition) is 3. The molecule has 0 aliphatic carbocycles. The maximum absolute atomic E-state index is 12.9. The van der Waals surface area contributed by atoms with Crippen LogP contribution < -0.4 is 16.0 Å². The molecular formula is C21H24N4O5. The van der Waals surface area contributed by atoms with Gasteiger partial charge in [-0.05, 0) is 30.5 Å². The molecule has 4 amide bonds. The highest BCUT2D eigenvalue weighted by Gasteiger charge is 2.44. The quantitative estimate of drug-likeness (QED) is 0.561. The van der Waals surface area contributed by atoms with Crippen molar-refractivity contribution in [3.63, 3.8) is 0 Å². The Hall–Kier alpha value is -2.62. The first-order valence-corrected chi connectivity index (χ1v) is 10.4. The molecule has 0 saturated carbocycles. The van der Waals surface area contributed by atoms with Gasteiger partial charge < -0.3 is 15.4 Å². The standard InChI is InChI=1S/C21H24N4O5/c26-18-4-3-17(19(27)24-18)25-20(28)14-2-1-11(5-15(14)21(25)29)7-22-8-13-6-12-9-30-10-16(12)23-13/h1-2,5,12-13,16-17,22-23H,3-4,6-10H2,(H,24,26,27). The van der Waals surface area contributed by atoms with Gasteiger partial charge in [-0.25, -0.2) is 0 Å². The fourth-order valence-corrected chi connectivity index (χ4v) is 4.91. The molecule has 9 nitrogen and oxygen atoms in total. The van der Waals surface area contributed by atoms with Crippen molar-refractivity contribution in [3.05, 3.63) is 34.9 Å². The Balaban J connectivity index is 1.22. The van der Waals surface area contributed by atoms with E-state index < -0.39 is 23.8 Å². The van der Waals surface area contributed by atoms with Crippen LogP contribution in [0.25, 0.3) is 0 Å². The highest BCUT2D eigenvalue weighted by molar-refractivity contribution is 6.23. The van der Waals surface area contributed by atoms with Crippen LogP contribution in [0.4, 0.5) is 0 Å². The van der Waals surface area contributed by atoms with Gasteiger partial charge in [0.2, 0.25) is 11.8 Å². The Morgan fingerprint density at radius 3 is 2.73 bits per heavy atom. The van der Waals surface area contributed by atoms with Gasteiger partial charge >= 0.3 is 0 Å². The summed E-state index contributed by atoms with van der Waals surface area (Å²) in [4.78, 5) is 50.1. The van der Waals surface area contributed by atoms with E-state index in [2.05, 4.69) is 16.0 Å². The molecule has 4 heterocycles. The van der Waals surface area contributed by atoms with Gasteiger partial charge in [0.15, 0.2) is 0 Å². The van der Waals surface area contributed by atoms with Crippen molar-refractivity contribution in [1.29, 1.82) is 0 Å². The number of nitrogens with zero attached hydrogens (tertiary/aromatic N) is 1. The lowest BCUT2D eigenvalue weighted by Gasteiger charge is -2.27. The van der Waals surface area contributed by atoms with Crippen molar-refractivity contribution in [3.8, 4) is 0 Å². The second-order valence-corrected chi connectivity index (χ2v) is 8.46. The van der Waals surface area contributed by atoms with Gasteiger partial charge in [0, 0.05) is 37.5 Å². The number of fused-ring (bicyclic) bond motifs is 2. The molecule has 0 spiro atoms. The summed E-state index contributed by atoms with van der Waals surface area (Å²) in [5, 5.41) is 9.22. The zero-order valence-electron chi connectivity index (χ0n) is 16.5. The van der Waals surface area contributed by atoms with Crippen LogP contribution in [-0.4, -0.2) is 66.4 Å². The first kappa shape index (κ1) is 19.3. The van der Waals surface area contributed by atoms with E-state index in [0.717, 1.165) is 36.6 Å². The highest BCUT2D eigenvalue weighted by Crippen LogP contribution is 2.29.